The van der Waals surface area contributed by atoms with Crippen LogP contribution >= 0.6 is 11.6 Å². The van der Waals surface area contributed by atoms with Crippen molar-refractivity contribution in [3.05, 3.63) is 64.2 Å². The topological polar surface area (TPSA) is 102 Å². The number of benzene rings is 2. The second-order valence-electron chi connectivity index (χ2n) is 7.25. The maximum atomic E-state index is 12.8. The molecule has 9 heteroatoms. The molecule has 0 spiro atoms. The first-order valence-corrected chi connectivity index (χ1v) is 11.6. The lowest BCUT2D eigenvalue weighted by molar-refractivity contribution is -0.147. The minimum absolute atomic E-state index is 0.0466. The molecule has 1 amide bonds. The monoisotopic (exact) mass is 452 g/mol. The van der Waals surface area contributed by atoms with Crippen molar-refractivity contribution in [2.45, 2.75) is 39.3 Å². The quantitative estimate of drug-likeness (QED) is 0.592. The van der Waals surface area contributed by atoms with E-state index in [9.17, 15) is 18.0 Å². The molecule has 7 nitrogen and oxygen atoms in total. The first-order valence-electron chi connectivity index (χ1n) is 9.29. The number of esters is 1. The Kier molecular flexibility index (Phi) is 7.86. The fraction of sp³-hybridized carbons (Fsp3) is 0.333. The molecule has 2 aromatic carbocycles. The first-order chi connectivity index (χ1) is 13.9. The summed E-state index contributed by atoms with van der Waals surface area (Å²) in [6, 6.07) is 11.1. The second kappa shape index (κ2) is 9.95. The molecule has 0 fully saturated rings. The Balaban J connectivity index is 2.28. The highest BCUT2D eigenvalue weighted by atomic mass is 35.5. The van der Waals surface area contributed by atoms with Crippen LogP contribution in [0.3, 0.4) is 0 Å². The lowest BCUT2D eigenvalue weighted by atomic mass is 10.0. The fourth-order valence-electron chi connectivity index (χ4n) is 2.71. The van der Waals surface area contributed by atoms with Gasteiger partial charge in [0.15, 0.2) is 0 Å². The van der Waals surface area contributed by atoms with Gasteiger partial charge in [-0.25, -0.2) is 8.42 Å². The molecule has 0 saturated heterocycles. The number of rotatable bonds is 8. The summed E-state index contributed by atoms with van der Waals surface area (Å²) >= 11 is 6.02. The maximum absolute atomic E-state index is 12.8. The highest BCUT2D eigenvalue weighted by Gasteiger charge is 2.21. The summed E-state index contributed by atoms with van der Waals surface area (Å²) < 4.78 is 30.5. The van der Waals surface area contributed by atoms with Gasteiger partial charge in [0.1, 0.15) is 0 Å². The Bertz CT molecular complexity index is 1020. The fourth-order valence-corrected chi connectivity index (χ4v) is 3.50. The van der Waals surface area contributed by atoms with Gasteiger partial charge in [0.05, 0.1) is 35.5 Å². The molecule has 0 aliphatic carbocycles. The summed E-state index contributed by atoms with van der Waals surface area (Å²) in [6.07, 6.45) is 0.673. The van der Waals surface area contributed by atoms with Gasteiger partial charge in [-0.2, -0.15) is 0 Å². The van der Waals surface area contributed by atoms with E-state index in [1.165, 1.54) is 18.2 Å². The molecule has 0 heterocycles. The maximum Gasteiger partial charge on any atom is 0.308 e. The molecular formula is C21H25ClN2O5S. The molecule has 162 valence electrons. The van der Waals surface area contributed by atoms with Gasteiger partial charge in [-0.1, -0.05) is 41.4 Å². The van der Waals surface area contributed by atoms with Crippen LogP contribution in [0.25, 0.3) is 0 Å². The van der Waals surface area contributed by atoms with E-state index in [0.717, 1.165) is 17.4 Å². The molecule has 0 aliphatic rings. The van der Waals surface area contributed by atoms with Gasteiger partial charge in [0.25, 0.3) is 5.91 Å². The Morgan fingerprint density at radius 3 is 2.30 bits per heavy atom. The number of ether oxygens (including phenoxy) is 1. The number of aryl methyl sites for hydroxylation is 1. The average Bonchev–Trinajstić information content (AvgIpc) is 2.61. The molecule has 0 aromatic heterocycles. The number of amides is 1. The molecular weight excluding hydrogens is 428 g/mol. The van der Waals surface area contributed by atoms with Crippen LogP contribution in [0.5, 0.6) is 0 Å². The van der Waals surface area contributed by atoms with E-state index in [1.54, 1.807) is 13.8 Å². The summed E-state index contributed by atoms with van der Waals surface area (Å²) in [5, 5.41) is 2.98. The normalized spacial score (nSPS) is 12.3. The molecule has 2 N–H and O–H groups in total. The number of carbonyl (C=O) groups excluding carboxylic acids is 2. The minimum Gasteiger partial charge on any atom is -0.463 e. The number of halogens is 1. The van der Waals surface area contributed by atoms with Crippen LogP contribution in [-0.4, -0.2) is 32.7 Å². The Morgan fingerprint density at radius 1 is 1.10 bits per heavy atom. The number of carbonyl (C=O) groups is 2. The van der Waals surface area contributed by atoms with Crippen molar-refractivity contribution < 1.29 is 22.7 Å². The zero-order valence-corrected chi connectivity index (χ0v) is 18.8. The van der Waals surface area contributed by atoms with Crippen molar-refractivity contribution in [1.82, 2.24) is 5.32 Å². The van der Waals surface area contributed by atoms with Crippen LogP contribution in [-0.2, 0) is 19.6 Å². The molecule has 1 unspecified atom stereocenters. The van der Waals surface area contributed by atoms with E-state index in [1.807, 2.05) is 31.2 Å². The predicted molar refractivity (Wildman–Crippen MR) is 117 cm³/mol. The number of hydrogen-bond donors (Lipinski definition) is 2. The molecule has 0 saturated carbocycles. The second-order valence-corrected chi connectivity index (χ2v) is 9.40. The summed E-state index contributed by atoms with van der Waals surface area (Å²) in [7, 11) is -3.57. The van der Waals surface area contributed by atoms with E-state index in [0.29, 0.717) is 0 Å². The Hall–Kier alpha value is -2.58. The third-order valence-electron chi connectivity index (χ3n) is 4.05. The van der Waals surface area contributed by atoms with E-state index in [2.05, 4.69) is 10.0 Å². The summed E-state index contributed by atoms with van der Waals surface area (Å²) in [4.78, 5) is 25.1. The molecule has 0 bridgehead atoms. The smallest absolute Gasteiger partial charge is 0.308 e. The Morgan fingerprint density at radius 2 is 1.73 bits per heavy atom. The summed E-state index contributed by atoms with van der Waals surface area (Å²) in [6.45, 7) is 5.44. The van der Waals surface area contributed by atoms with Crippen LogP contribution in [0.15, 0.2) is 42.5 Å². The zero-order chi connectivity index (χ0) is 22.5. The van der Waals surface area contributed by atoms with Crippen molar-refractivity contribution in [2.75, 3.05) is 11.0 Å². The van der Waals surface area contributed by atoms with Crippen LogP contribution in [0, 0.1) is 6.92 Å². The molecule has 0 radical (unpaired) electrons. The molecule has 30 heavy (non-hydrogen) atoms. The highest BCUT2D eigenvalue weighted by Crippen LogP contribution is 2.25. The van der Waals surface area contributed by atoms with Gasteiger partial charge in [0.2, 0.25) is 10.0 Å². The van der Waals surface area contributed by atoms with Gasteiger partial charge in [-0.15, -0.1) is 0 Å². The van der Waals surface area contributed by atoms with E-state index < -0.39 is 27.9 Å². The SMILES string of the molecule is Cc1ccc(C(CC(=O)OC(C)C)NC(=O)c2ccc(Cl)c(NS(C)(=O)=O)c2)cc1. The van der Waals surface area contributed by atoms with Crippen LogP contribution in [0.2, 0.25) is 5.02 Å². The molecule has 2 rings (SSSR count). The van der Waals surface area contributed by atoms with Crippen molar-refractivity contribution >= 4 is 39.2 Å². The number of hydrogen-bond acceptors (Lipinski definition) is 5. The predicted octanol–water partition coefficient (Wildman–Crippen LogP) is 3.83. The van der Waals surface area contributed by atoms with Crippen molar-refractivity contribution in [2.24, 2.45) is 0 Å². The number of nitrogens with one attached hydrogen (secondary N) is 2. The number of anilines is 1. The van der Waals surface area contributed by atoms with E-state index >= 15 is 0 Å². The van der Waals surface area contributed by atoms with Gasteiger partial charge in [0, 0.05) is 5.56 Å². The summed E-state index contributed by atoms with van der Waals surface area (Å²) in [5.74, 6) is -0.919. The number of sulfonamides is 1. The van der Waals surface area contributed by atoms with Crippen LogP contribution in [0.4, 0.5) is 5.69 Å². The first kappa shape index (κ1) is 23.7. The van der Waals surface area contributed by atoms with E-state index in [-0.39, 0.29) is 28.8 Å². The third-order valence-corrected chi connectivity index (χ3v) is 4.97. The van der Waals surface area contributed by atoms with Crippen molar-refractivity contribution in [3.8, 4) is 0 Å². The summed E-state index contributed by atoms with van der Waals surface area (Å²) in [5.41, 5.74) is 2.08. The van der Waals surface area contributed by atoms with Crippen molar-refractivity contribution in [1.29, 1.82) is 0 Å². The third kappa shape index (κ3) is 7.35. The molecule has 1 atom stereocenters. The zero-order valence-electron chi connectivity index (χ0n) is 17.2. The molecule has 2 aromatic rings. The Labute approximate surface area is 181 Å². The van der Waals surface area contributed by atoms with Gasteiger partial charge < -0.3 is 10.1 Å². The van der Waals surface area contributed by atoms with Crippen molar-refractivity contribution in [3.63, 3.8) is 0 Å². The van der Waals surface area contributed by atoms with Crippen LogP contribution in [0.1, 0.15) is 47.8 Å². The van der Waals surface area contributed by atoms with Gasteiger partial charge >= 0.3 is 5.97 Å². The van der Waals surface area contributed by atoms with Gasteiger partial charge in [-0.05, 0) is 44.5 Å². The lowest BCUT2D eigenvalue weighted by Crippen LogP contribution is -2.31. The minimum atomic E-state index is -3.57. The van der Waals surface area contributed by atoms with Crippen LogP contribution < -0.4 is 10.0 Å². The average molecular weight is 453 g/mol. The standard InChI is InChI=1S/C21H25ClN2O5S/c1-13(2)29-20(25)12-18(15-7-5-14(3)6-8-15)23-21(26)16-9-10-17(22)19(11-16)24-30(4,27)28/h5-11,13,18,24H,12H2,1-4H3,(H,23,26). The largest absolute Gasteiger partial charge is 0.463 e. The highest BCUT2D eigenvalue weighted by molar-refractivity contribution is 7.92. The van der Waals surface area contributed by atoms with E-state index in [4.69, 9.17) is 16.3 Å². The van der Waals surface area contributed by atoms with Gasteiger partial charge in [-0.3, -0.25) is 14.3 Å². The molecule has 0 aliphatic heterocycles. The lowest BCUT2D eigenvalue weighted by Gasteiger charge is -2.20.